The van der Waals surface area contributed by atoms with Gasteiger partial charge in [0.05, 0.1) is 6.20 Å². The van der Waals surface area contributed by atoms with E-state index in [4.69, 9.17) is 4.52 Å². The van der Waals surface area contributed by atoms with Crippen LogP contribution in [0.1, 0.15) is 31.5 Å². The van der Waals surface area contributed by atoms with Gasteiger partial charge in [-0.3, -0.25) is 4.79 Å². The predicted molar refractivity (Wildman–Crippen MR) is 68.1 cm³/mol. The molecule has 0 aliphatic heterocycles. The van der Waals surface area contributed by atoms with Gasteiger partial charge in [-0.1, -0.05) is 24.2 Å². The molecule has 3 heterocycles. The molecule has 0 N–H and O–H groups in total. The quantitative estimate of drug-likeness (QED) is 0.666. The highest BCUT2D eigenvalue weighted by Gasteiger charge is 2.14. The first kappa shape index (κ1) is 12.5. The van der Waals surface area contributed by atoms with Crippen LogP contribution in [0, 0.1) is 0 Å². The first-order valence-corrected chi connectivity index (χ1v) is 6.14. The normalized spacial score (nSPS) is 11.6. The van der Waals surface area contributed by atoms with Crippen molar-refractivity contribution >= 4 is 11.0 Å². The molecule has 0 fully saturated rings. The van der Waals surface area contributed by atoms with Crippen molar-refractivity contribution in [2.75, 3.05) is 0 Å². The van der Waals surface area contributed by atoms with Gasteiger partial charge in [-0.15, -0.1) is 5.10 Å². The van der Waals surface area contributed by atoms with E-state index in [-0.39, 0.29) is 18.0 Å². The molecule has 0 bridgehead atoms. The van der Waals surface area contributed by atoms with Crippen LogP contribution in [0.3, 0.4) is 0 Å². The molecule has 0 aliphatic rings. The maximum atomic E-state index is 12.2. The van der Waals surface area contributed by atoms with Gasteiger partial charge in [0.25, 0.3) is 5.56 Å². The van der Waals surface area contributed by atoms with E-state index in [0.717, 1.165) is 0 Å². The molecule has 0 radical (unpaired) electrons. The maximum absolute atomic E-state index is 12.2. The van der Waals surface area contributed by atoms with E-state index in [9.17, 15) is 4.79 Å². The first-order valence-electron chi connectivity index (χ1n) is 6.14. The maximum Gasteiger partial charge on any atom is 0.281 e. The number of rotatable bonds is 3. The fourth-order valence-corrected chi connectivity index (χ4v) is 1.77. The lowest BCUT2D eigenvalue weighted by atomic mass is 10.2. The molecule has 0 unspecified atom stereocenters. The van der Waals surface area contributed by atoms with Crippen molar-refractivity contribution in [1.29, 1.82) is 0 Å². The van der Waals surface area contributed by atoms with Crippen LogP contribution in [0.5, 0.6) is 0 Å². The minimum atomic E-state index is -0.285. The molecule has 9 heteroatoms. The molecular weight excluding hydrogens is 262 g/mol. The predicted octanol–water partition coefficient (Wildman–Crippen LogP) is 0.0797. The van der Waals surface area contributed by atoms with Gasteiger partial charge in [0, 0.05) is 13.0 Å². The molecule has 3 rings (SSSR count). The summed E-state index contributed by atoms with van der Waals surface area (Å²) < 4.78 is 7.77. The zero-order valence-corrected chi connectivity index (χ0v) is 11.3. The zero-order valence-electron chi connectivity index (χ0n) is 11.3. The number of hydrogen-bond acceptors (Lipinski definition) is 7. The third kappa shape index (κ3) is 1.96. The molecule has 0 saturated heterocycles. The van der Waals surface area contributed by atoms with E-state index in [2.05, 4.69) is 25.6 Å². The zero-order chi connectivity index (χ0) is 14.3. The van der Waals surface area contributed by atoms with E-state index >= 15 is 0 Å². The highest BCUT2D eigenvalue weighted by Crippen LogP contribution is 2.10. The summed E-state index contributed by atoms with van der Waals surface area (Å²) in [6, 6.07) is 0. The molecule has 9 nitrogen and oxygen atoms in total. The Morgan fingerprint density at radius 3 is 2.90 bits per heavy atom. The van der Waals surface area contributed by atoms with E-state index in [1.54, 1.807) is 7.05 Å². The third-order valence-electron chi connectivity index (χ3n) is 2.90. The van der Waals surface area contributed by atoms with Gasteiger partial charge in [0.1, 0.15) is 11.9 Å². The molecule has 104 valence electrons. The van der Waals surface area contributed by atoms with E-state index in [1.165, 1.54) is 15.6 Å². The molecule has 0 spiro atoms. The monoisotopic (exact) mass is 275 g/mol. The first-order chi connectivity index (χ1) is 9.56. The number of fused-ring (bicyclic) bond motifs is 1. The minimum absolute atomic E-state index is 0.0936. The van der Waals surface area contributed by atoms with Crippen molar-refractivity contribution in [1.82, 2.24) is 34.9 Å². The van der Waals surface area contributed by atoms with Crippen molar-refractivity contribution in [2.24, 2.45) is 7.05 Å². The Balaban J connectivity index is 1.98. The molecule has 3 aromatic rings. The summed E-state index contributed by atoms with van der Waals surface area (Å²) in [4.78, 5) is 16.4. The molecule has 0 amide bonds. The standard InChI is InChI=1S/C11H13N7O2/c1-6(2)9-13-8(20-15-9)5-18-11(19)7-4-12-17(3)10(7)14-16-18/h4,6H,5H2,1-3H3. The summed E-state index contributed by atoms with van der Waals surface area (Å²) in [6.45, 7) is 4.01. The van der Waals surface area contributed by atoms with Crippen molar-refractivity contribution in [3.63, 3.8) is 0 Å². The van der Waals surface area contributed by atoms with Gasteiger partial charge in [-0.25, -0.2) is 9.36 Å². The van der Waals surface area contributed by atoms with Crippen LogP contribution in [-0.2, 0) is 13.6 Å². The lowest BCUT2D eigenvalue weighted by Crippen LogP contribution is -2.24. The van der Waals surface area contributed by atoms with Crippen molar-refractivity contribution in [3.8, 4) is 0 Å². The van der Waals surface area contributed by atoms with E-state index in [1.807, 2.05) is 13.8 Å². The SMILES string of the molecule is CC(C)c1noc(Cn2nnc3c(cnn3C)c2=O)n1. The smallest absolute Gasteiger partial charge is 0.281 e. The Morgan fingerprint density at radius 2 is 2.20 bits per heavy atom. The van der Waals surface area contributed by atoms with Crippen LogP contribution in [0.25, 0.3) is 11.0 Å². The van der Waals surface area contributed by atoms with E-state index in [0.29, 0.717) is 22.7 Å². The number of nitrogens with zero attached hydrogens (tertiary/aromatic N) is 7. The number of aromatic nitrogens is 7. The molecule has 3 aromatic heterocycles. The lowest BCUT2D eigenvalue weighted by Gasteiger charge is -1.99. The number of hydrogen-bond donors (Lipinski definition) is 0. The Hall–Kier alpha value is -2.58. The van der Waals surface area contributed by atoms with Crippen molar-refractivity contribution in [2.45, 2.75) is 26.3 Å². The average molecular weight is 275 g/mol. The lowest BCUT2D eigenvalue weighted by molar-refractivity contribution is 0.355. The van der Waals surface area contributed by atoms with Gasteiger partial charge < -0.3 is 4.52 Å². The largest absolute Gasteiger partial charge is 0.337 e. The molecule has 0 saturated carbocycles. The van der Waals surface area contributed by atoms with Crippen LogP contribution in [0.2, 0.25) is 0 Å². The fourth-order valence-electron chi connectivity index (χ4n) is 1.77. The Bertz CT molecular complexity index is 814. The molecule has 20 heavy (non-hydrogen) atoms. The Kier molecular flexibility index (Phi) is 2.81. The third-order valence-corrected chi connectivity index (χ3v) is 2.90. The molecular formula is C11H13N7O2. The minimum Gasteiger partial charge on any atom is -0.337 e. The molecule has 0 aliphatic carbocycles. The van der Waals surface area contributed by atoms with Gasteiger partial charge >= 0.3 is 0 Å². The van der Waals surface area contributed by atoms with Crippen LogP contribution in [-0.4, -0.2) is 34.9 Å². The second kappa shape index (κ2) is 4.51. The Morgan fingerprint density at radius 1 is 1.40 bits per heavy atom. The van der Waals surface area contributed by atoms with Crippen LogP contribution >= 0.6 is 0 Å². The molecule has 0 atom stereocenters. The second-order valence-electron chi connectivity index (χ2n) is 4.76. The second-order valence-corrected chi connectivity index (χ2v) is 4.76. The molecule has 0 aromatic carbocycles. The highest BCUT2D eigenvalue weighted by atomic mass is 16.5. The summed E-state index contributed by atoms with van der Waals surface area (Å²) >= 11 is 0. The Labute approximate surface area is 113 Å². The summed E-state index contributed by atoms with van der Waals surface area (Å²) in [6.07, 6.45) is 1.47. The van der Waals surface area contributed by atoms with Gasteiger partial charge in [-0.05, 0) is 0 Å². The van der Waals surface area contributed by atoms with Crippen LogP contribution < -0.4 is 5.56 Å². The van der Waals surface area contributed by atoms with Crippen LogP contribution in [0.4, 0.5) is 0 Å². The highest BCUT2D eigenvalue weighted by molar-refractivity contribution is 5.72. The summed E-state index contributed by atoms with van der Waals surface area (Å²) in [7, 11) is 1.70. The summed E-state index contributed by atoms with van der Waals surface area (Å²) in [5.41, 5.74) is 0.159. The van der Waals surface area contributed by atoms with Gasteiger partial charge in [-0.2, -0.15) is 10.1 Å². The van der Waals surface area contributed by atoms with Gasteiger partial charge in [0.2, 0.25) is 5.89 Å². The van der Waals surface area contributed by atoms with Gasteiger partial charge in [0.15, 0.2) is 11.5 Å². The van der Waals surface area contributed by atoms with Crippen LogP contribution in [0.15, 0.2) is 15.5 Å². The topological polar surface area (TPSA) is 105 Å². The summed E-state index contributed by atoms with van der Waals surface area (Å²) in [5, 5.41) is 16.0. The fraction of sp³-hybridized carbons (Fsp3) is 0.455. The average Bonchev–Trinajstić information content (AvgIpc) is 3.01. The number of aryl methyl sites for hydroxylation is 1. The van der Waals surface area contributed by atoms with E-state index < -0.39 is 0 Å². The summed E-state index contributed by atoms with van der Waals surface area (Å²) in [5.74, 6) is 1.09. The van der Waals surface area contributed by atoms with Crippen molar-refractivity contribution in [3.05, 3.63) is 28.3 Å². The van der Waals surface area contributed by atoms with Crippen molar-refractivity contribution < 1.29 is 4.52 Å².